The van der Waals surface area contributed by atoms with Crippen molar-refractivity contribution in [3.8, 4) is 5.75 Å². The summed E-state index contributed by atoms with van der Waals surface area (Å²) in [6.07, 6.45) is 3.08. The van der Waals surface area contributed by atoms with Crippen LogP contribution in [0.15, 0.2) is 12.1 Å². The topological polar surface area (TPSA) is 20.2 Å². The molecule has 1 rings (SSSR count). The van der Waals surface area contributed by atoms with Crippen molar-refractivity contribution in [1.29, 1.82) is 0 Å². The van der Waals surface area contributed by atoms with Gasteiger partial charge in [0.15, 0.2) is 0 Å². The number of benzene rings is 1. The highest BCUT2D eigenvalue weighted by atomic mass is 16.3. The van der Waals surface area contributed by atoms with Gasteiger partial charge < -0.3 is 5.11 Å². The first-order valence-corrected chi connectivity index (χ1v) is 9.85. The van der Waals surface area contributed by atoms with E-state index in [-0.39, 0.29) is 21.7 Å². The van der Waals surface area contributed by atoms with E-state index in [1.165, 1.54) is 5.56 Å². The van der Waals surface area contributed by atoms with E-state index in [2.05, 4.69) is 88.3 Å². The van der Waals surface area contributed by atoms with Gasteiger partial charge in [0, 0.05) is 11.1 Å². The van der Waals surface area contributed by atoms with Gasteiger partial charge in [0.25, 0.3) is 0 Å². The largest absolute Gasteiger partial charge is 0.507 e. The van der Waals surface area contributed by atoms with E-state index in [1.807, 2.05) is 0 Å². The maximum atomic E-state index is 11.3. The van der Waals surface area contributed by atoms with E-state index in [4.69, 9.17) is 0 Å². The average molecular weight is 347 g/mol. The molecule has 0 heterocycles. The summed E-state index contributed by atoms with van der Waals surface area (Å²) in [5.74, 6) is 0.515. The highest BCUT2D eigenvalue weighted by molar-refractivity contribution is 5.50. The van der Waals surface area contributed by atoms with Gasteiger partial charge in [-0.15, -0.1) is 0 Å². The summed E-state index contributed by atoms with van der Waals surface area (Å²) >= 11 is 0. The smallest absolute Gasteiger partial charge is 0.123 e. The molecule has 0 amide bonds. The number of rotatable bonds is 5. The molecule has 0 spiro atoms. The fraction of sp³-hybridized carbons (Fsp3) is 0.750. The Morgan fingerprint density at radius 1 is 0.680 bits per heavy atom. The third-order valence-electron chi connectivity index (χ3n) is 4.98. The van der Waals surface area contributed by atoms with Crippen molar-refractivity contribution in [2.24, 2.45) is 10.8 Å². The van der Waals surface area contributed by atoms with Crippen LogP contribution in [0.2, 0.25) is 0 Å². The van der Waals surface area contributed by atoms with Gasteiger partial charge >= 0.3 is 0 Å². The SMILES string of the molecule is CCc1cc(C(C)(C)CC(C)(C)C)c(O)c(C(C)(C)CC(C)(C)C)c1. The first kappa shape index (κ1) is 22.1. The Balaban J connectivity index is 3.53. The van der Waals surface area contributed by atoms with Gasteiger partial charge in [-0.05, 0) is 46.5 Å². The van der Waals surface area contributed by atoms with Crippen LogP contribution in [0.3, 0.4) is 0 Å². The Labute approximate surface area is 157 Å². The van der Waals surface area contributed by atoms with E-state index in [0.29, 0.717) is 5.75 Å². The molecule has 0 aromatic heterocycles. The standard InChI is InChI=1S/C24H42O/c1-12-17-13-18(23(8,9)15-21(2,3)4)20(25)19(14-17)24(10,11)16-22(5,6)7/h13-14,25H,12,15-16H2,1-11H3. The van der Waals surface area contributed by atoms with E-state index in [0.717, 1.165) is 30.4 Å². The lowest BCUT2D eigenvalue weighted by atomic mass is 9.68. The summed E-state index contributed by atoms with van der Waals surface area (Å²) in [4.78, 5) is 0. The molecule has 0 fully saturated rings. The van der Waals surface area contributed by atoms with E-state index >= 15 is 0 Å². The number of aromatic hydroxyl groups is 1. The van der Waals surface area contributed by atoms with Crippen LogP contribution in [0.1, 0.15) is 106 Å². The van der Waals surface area contributed by atoms with Crippen LogP contribution in [-0.4, -0.2) is 5.11 Å². The summed E-state index contributed by atoms with van der Waals surface area (Å²) in [5, 5.41) is 11.3. The monoisotopic (exact) mass is 346 g/mol. The van der Waals surface area contributed by atoms with E-state index in [1.54, 1.807) is 0 Å². The quantitative estimate of drug-likeness (QED) is 0.589. The van der Waals surface area contributed by atoms with Crippen molar-refractivity contribution in [3.05, 3.63) is 28.8 Å². The van der Waals surface area contributed by atoms with Crippen molar-refractivity contribution in [2.75, 3.05) is 0 Å². The second-order valence-corrected chi connectivity index (χ2v) is 11.6. The van der Waals surface area contributed by atoms with Crippen molar-refractivity contribution in [3.63, 3.8) is 0 Å². The molecule has 0 aliphatic rings. The summed E-state index contributed by atoms with van der Waals surface area (Å²) in [7, 11) is 0. The Morgan fingerprint density at radius 2 is 1.00 bits per heavy atom. The molecule has 1 nitrogen and oxygen atoms in total. The van der Waals surface area contributed by atoms with E-state index < -0.39 is 0 Å². The summed E-state index contributed by atoms with van der Waals surface area (Å²) in [6.45, 7) is 25.0. The number of phenols is 1. The number of aryl methyl sites for hydroxylation is 1. The predicted octanol–water partition coefficient (Wildman–Crippen LogP) is 7.38. The van der Waals surface area contributed by atoms with Gasteiger partial charge in [0.05, 0.1) is 0 Å². The van der Waals surface area contributed by atoms with Gasteiger partial charge in [-0.3, -0.25) is 0 Å². The summed E-state index contributed by atoms with van der Waals surface area (Å²) < 4.78 is 0. The highest BCUT2D eigenvalue weighted by Crippen LogP contribution is 2.47. The minimum Gasteiger partial charge on any atom is -0.507 e. The van der Waals surface area contributed by atoms with E-state index in [9.17, 15) is 5.11 Å². The third-order valence-corrected chi connectivity index (χ3v) is 4.98. The molecule has 0 saturated heterocycles. The van der Waals surface area contributed by atoms with Gasteiger partial charge in [-0.2, -0.15) is 0 Å². The third kappa shape index (κ3) is 6.04. The molecule has 1 aromatic carbocycles. The molecule has 1 aromatic rings. The molecule has 0 saturated carbocycles. The van der Waals surface area contributed by atoms with Gasteiger partial charge in [0.1, 0.15) is 5.75 Å². The lowest BCUT2D eigenvalue weighted by molar-refractivity contribution is 0.268. The Hall–Kier alpha value is -0.980. The second kappa shape index (κ2) is 6.97. The van der Waals surface area contributed by atoms with Crippen LogP contribution >= 0.6 is 0 Å². The average Bonchev–Trinajstić information content (AvgIpc) is 2.32. The van der Waals surface area contributed by atoms with Crippen LogP contribution in [0.25, 0.3) is 0 Å². The van der Waals surface area contributed by atoms with Crippen LogP contribution in [0, 0.1) is 10.8 Å². The zero-order chi connectivity index (χ0) is 19.8. The molecular weight excluding hydrogens is 304 g/mol. The second-order valence-electron chi connectivity index (χ2n) is 11.6. The molecule has 1 heteroatoms. The number of hydrogen-bond donors (Lipinski definition) is 1. The molecule has 1 N–H and O–H groups in total. The first-order valence-electron chi connectivity index (χ1n) is 9.85. The minimum absolute atomic E-state index is 0.0555. The first-order chi connectivity index (χ1) is 11.0. The van der Waals surface area contributed by atoms with Gasteiger partial charge in [-0.25, -0.2) is 0 Å². The van der Waals surface area contributed by atoms with Crippen molar-refractivity contribution in [2.45, 2.75) is 106 Å². The summed E-state index contributed by atoms with van der Waals surface area (Å²) in [6, 6.07) is 4.47. The van der Waals surface area contributed by atoms with Crippen LogP contribution < -0.4 is 0 Å². The zero-order valence-corrected chi connectivity index (χ0v) is 18.7. The molecule has 25 heavy (non-hydrogen) atoms. The fourth-order valence-electron chi connectivity index (χ4n) is 4.77. The molecule has 0 atom stereocenters. The zero-order valence-electron chi connectivity index (χ0n) is 18.7. The van der Waals surface area contributed by atoms with Crippen LogP contribution in [0.5, 0.6) is 5.75 Å². The van der Waals surface area contributed by atoms with Crippen molar-refractivity contribution >= 4 is 0 Å². The molecule has 0 aliphatic carbocycles. The van der Waals surface area contributed by atoms with Gasteiger partial charge in [-0.1, -0.05) is 88.3 Å². The maximum Gasteiger partial charge on any atom is 0.123 e. The minimum atomic E-state index is -0.0555. The van der Waals surface area contributed by atoms with Crippen molar-refractivity contribution < 1.29 is 5.11 Å². The Bertz CT molecular complexity index is 542. The highest BCUT2D eigenvalue weighted by Gasteiger charge is 2.35. The Kier molecular flexibility index (Phi) is 6.15. The molecule has 0 aliphatic heterocycles. The lowest BCUT2D eigenvalue weighted by Crippen LogP contribution is -2.28. The maximum absolute atomic E-state index is 11.3. The van der Waals surface area contributed by atoms with Gasteiger partial charge in [0.2, 0.25) is 0 Å². The lowest BCUT2D eigenvalue weighted by Gasteiger charge is -2.37. The van der Waals surface area contributed by atoms with Crippen molar-refractivity contribution in [1.82, 2.24) is 0 Å². The van der Waals surface area contributed by atoms with Crippen LogP contribution in [-0.2, 0) is 17.3 Å². The Morgan fingerprint density at radius 3 is 1.24 bits per heavy atom. The normalized spacial score (nSPS) is 14.0. The molecule has 0 bridgehead atoms. The molecular formula is C24H42O. The molecule has 0 unspecified atom stereocenters. The van der Waals surface area contributed by atoms with Crippen LogP contribution in [0.4, 0.5) is 0 Å². The summed E-state index contributed by atoms with van der Waals surface area (Å²) in [5.41, 5.74) is 3.88. The predicted molar refractivity (Wildman–Crippen MR) is 112 cm³/mol. The number of phenolic OH excluding ortho intramolecular Hbond substituents is 1. The fourth-order valence-corrected chi connectivity index (χ4v) is 4.77. The molecule has 0 radical (unpaired) electrons. The number of hydrogen-bond acceptors (Lipinski definition) is 1. The molecule has 144 valence electrons.